The van der Waals surface area contributed by atoms with Gasteiger partial charge in [-0.2, -0.15) is 0 Å². The summed E-state index contributed by atoms with van der Waals surface area (Å²) in [5.74, 6) is 2.21. The van der Waals surface area contributed by atoms with Crippen LogP contribution in [0.5, 0.6) is 0 Å². The Kier molecular flexibility index (Phi) is 1.75. The third-order valence-electron chi connectivity index (χ3n) is 7.28. The van der Waals surface area contributed by atoms with Crippen molar-refractivity contribution < 1.29 is 4.74 Å². The Hall–Kier alpha value is -0.0800. The van der Waals surface area contributed by atoms with Crippen LogP contribution in [0.4, 0.5) is 0 Å². The highest BCUT2D eigenvalue weighted by atomic mass is 16.5. The van der Waals surface area contributed by atoms with Gasteiger partial charge in [-0.05, 0) is 63.2 Å². The first-order valence-corrected chi connectivity index (χ1v) is 7.38. The third-order valence-corrected chi connectivity index (χ3v) is 7.28. The molecule has 1 spiro atoms. The standard InChI is InChI=1S/C15H25NO/c1-9-4-5-11-14(3)12(16)10-8-15(9,11)7-6-13(10,2)17-14/h9-12H,4-8,16H2,1-3H3/t9-,10-,11-,12+,13-,14+,15+/m1/s1. The summed E-state index contributed by atoms with van der Waals surface area (Å²) in [6.45, 7) is 7.11. The Bertz CT molecular complexity index is 383. The first-order chi connectivity index (χ1) is 7.92. The van der Waals surface area contributed by atoms with Crippen LogP contribution in [-0.2, 0) is 4.74 Å². The lowest BCUT2D eigenvalue weighted by Crippen LogP contribution is -2.61. The van der Waals surface area contributed by atoms with E-state index < -0.39 is 0 Å². The predicted molar refractivity (Wildman–Crippen MR) is 67.5 cm³/mol. The van der Waals surface area contributed by atoms with Crippen molar-refractivity contribution in [1.82, 2.24) is 0 Å². The monoisotopic (exact) mass is 235 g/mol. The van der Waals surface area contributed by atoms with Gasteiger partial charge in [-0.3, -0.25) is 0 Å². The molecule has 1 saturated heterocycles. The van der Waals surface area contributed by atoms with Crippen LogP contribution in [-0.4, -0.2) is 17.2 Å². The molecule has 0 unspecified atom stereocenters. The van der Waals surface area contributed by atoms with E-state index in [-0.39, 0.29) is 17.2 Å². The molecule has 3 saturated carbocycles. The molecule has 4 rings (SSSR count). The molecule has 0 aromatic carbocycles. The summed E-state index contributed by atoms with van der Waals surface area (Å²) in [5.41, 5.74) is 7.20. The van der Waals surface area contributed by atoms with Gasteiger partial charge in [0.05, 0.1) is 11.2 Å². The van der Waals surface area contributed by atoms with Gasteiger partial charge in [0.2, 0.25) is 0 Å². The zero-order chi connectivity index (χ0) is 12.1. The van der Waals surface area contributed by atoms with Crippen LogP contribution in [0.25, 0.3) is 0 Å². The van der Waals surface area contributed by atoms with Crippen LogP contribution in [0.2, 0.25) is 0 Å². The number of fused-ring (bicyclic) bond motifs is 2. The van der Waals surface area contributed by atoms with Crippen LogP contribution in [0.3, 0.4) is 0 Å². The van der Waals surface area contributed by atoms with Gasteiger partial charge in [0, 0.05) is 12.0 Å². The van der Waals surface area contributed by atoms with Gasteiger partial charge < -0.3 is 10.5 Å². The summed E-state index contributed by atoms with van der Waals surface area (Å²) in [6, 6.07) is 0.274. The molecule has 2 N–H and O–H groups in total. The minimum atomic E-state index is -0.0288. The summed E-state index contributed by atoms with van der Waals surface area (Å²) < 4.78 is 6.60. The first-order valence-electron chi connectivity index (χ1n) is 7.38. The van der Waals surface area contributed by atoms with E-state index in [4.69, 9.17) is 10.5 Å². The van der Waals surface area contributed by atoms with Gasteiger partial charge in [-0.1, -0.05) is 6.92 Å². The van der Waals surface area contributed by atoms with Crippen LogP contribution < -0.4 is 5.73 Å². The molecule has 3 bridgehead atoms. The molecule has 4 fully saturated rings. The van der Waals surface area contributed by atoms with Gasteiger partial charge in [0.15, 0.2) is 0 Å². The van der Waals surface area contributed by atoms with Gasteiger partial charge in [-0.15, -0.1) is 0 Å². The summed E-state index contributed by atoms with van der Waals surface area (Å²) in [4.78, 5) is 0. The van der Waals surface area contributed by atoms with Crippen LogP contribution >= 0.6 is 0 Å². The van der Waals surface area contributed by atoms with Crippen molar-refractivity contribution in [3.8, 4) is 0 Å². The second-order valence-electron chi connectivity index (χ2n) is 7.70. The molecule has 7 atom stereocenters. The predicted octanol–water partition coefficient (Wildman–Crippen LogP) is 2.71. The maximum Gasteiger partial charge on any atom is 0.0849 e. The van der Waals surface area contributed by atoms with Crippen LogP contribution in [0.15, 0.2) is 0 Å². The minimum absolute atomic E-state index is 0.0288. The van der Waals surface area contributed by atoms with Crippen molar-refractivity contribution in [2.45, 2.75) is 70.1 Å². The maximum atomic E-state index is 6.60. The topological polar surface area (TPSA) is 35.2 Å². The smallest absolute Gasteiger partial charge is 0.0849 e. The molecule has 0 radical (unpaired) electrons. The largest absolute Gasteiger partial charge is 0.367 e. The van der Waals surface area contributed by atoms with E-state index in [2.05, 4.69) is 20.8 Å². The van der Waals surface area contributed by atoms with E-state index in [1.54, 1.807) is 0 Å². The van der Waals surface area contributed by atoms with E-state index >= 15 is 0 Å². The molecule has 1 heterocycles. The molecule has 4 aliphatic rings. The number of hydrogen-bond donors (Lipinski definition) is 1. The molecular weight excluding hydrogens is 210 g/mol. The average molecular weight is 235 g/mol. The fraction of sp³-hybridized carbons (Fsp3) is 1.00. The van der Waals surface area contributed by atoms with Crippen molar-refractivity contribution in [3.05, 3.63) is 0 Å². The summed E-state index contributed by atoms with van der Waals surface area (Å²) in [5, 5.41) is 0. The Morgan fingerprint density at radius 2 is 1.94 bits per heavy atom. The minimum Gasteiger partial charge on any atom is -0.367 e. The number of ether oxygens (including phenoxy) is 1. The SMILES string of the molecule is C[C@@H]1CC[C@H]2[C@]13CC[C@@]1(C)O[C@]2(C)[C@@H](N)[C@H]1C3. The quantitative estimate of drug-likeness (QED) is 0.700. The number of rotatable bonds is 0. The maximum absolute atomic E-state index is 6.60. The van der Waals surface area contributed by atoms with Gasteiger partial charge in [-0.25, -0.2) is 0 Å². The lowest BCUT2D eigenvalue weighted by Gasteiger charge is -2.54. The van der Waals surface area contributed by atoms with Gasteiger partial charge >= 0.3 is 0 Å². The molecule has 0 aromatic heterocycles. The van der Waals surface area contributed by atoms with E-state index in [9.17, 15) is 0 Å². The average Bonchev–Trinajstić information content (AvgIpc) is 2.62. The highest BCUT2D eigenvalue weighted by molar-refractivity contribution is 5.23. The zero-order valence-corrected chi connectivity index (χ0v) is 11.3. The van der Waals surface area contributed by atoms with E-state index in [0.717, 1.165) is 11.8 Å². The van der Waals surface area contributed by atoms with Crippen molar-refractivity contribution in [1.29, 1.82) is 0 Å². The zero-order valence-electron chi connectivity index (χ0n) is 11.3. The Morgan fingerprint density at radius 3 is 2.71 bits per heavy atom. The fourth-order valence-electron chi connectivity index (χ4n) is 6.26. The van der Waals surface area contributed by atoms with Crippen molar-refractivity contribution in [3.63, 3.8) is 0 Å². The van der Waals surface area contributed by atoms with Gasteiger partial charge in [0.25, 0.3) is 0 Å². The summed E-state index contributed by atoms with van der Waals surface area (Å²) in [6.07, 6.45) is 6.69. The summed E-state index contributed by atoms with van der Waals surface area (Å²) in [7, 11) is 0. The Balaban J connectivity index is 1.90. The Morgan fingerprint density at radius 1 is 1.18 bits per heavy atom. The van der Waals surface area contributed by atoms with Crippen molar-refractivity contribution >= 4 is 0 Å². The Labute approximate surface area is 104 Å². The van der Waals surface area contributed by atoms with Crippen LogP contribution in [0.1, 0.15) is 52.9 Å². The van der Waals surface area contributed by atoms with Crippen molar-refractivity contribution in [2.24, 2.45) is 28.9 Å². The highest BCUT2D eigenvalue weighted by Gasteiger charge is 2.73. The molecule has 96 valence electrons. The lowest BCUT2D eigenvalue weighted by molar-refractivity contribution is -0.112. The first kappa shape index (κ1) is 10.8. The molecule has 0 amide bonds. The molecule has 1 aliphatic heterocycles. The highest BCUT2D eigenvalue weighted by Crippen LogP contribution is 2.71. The molecule has 2 nitrogen and oxygen atoms in total. The molecule has 2 heteroatoms. The molecule has 3 aliphatic carbocycles. The number of nitrogens with two attached hydrogens (primary N) is 1. The second kappa shape index (κ2) is 2.75. The molecule has 0 aromatic rings. The van der Waals surface area contributed by atoms with E-state index in [0.29, 0.717) is 11.3 Å². The van der Waals surface area contributed by atoms with Gasteiger partial charge in [0.1, 0.15) is 0 Å². The summed E-state index contributed by atoms with van der Waals surface area (Å²) >= 11 is 0. The lowest BCUT2D eigenvalue weighted by atomic mass is 9.49. The van der Waals surface area contributed by atoms with E-state index in [1.807, 2.05) is 0 Å². The second-order valence-corrected chi connectivity index (χ2v) is 7.70. The van der Waals surface area contributed by atoms with Crippen LogP contribution in [0, 0.1) is 23.2 Å². The van der Waals surface area contributed by atoms with E-state index in [1.165, 1.54) is 32.1 Å². The number of hydrogen-bond acceptors (Lipinski definition) is 2. The molecule has 17 heavy (non-hydrogen) atoms. The van der Waals surface area contributed by atoms with Crippen molar-refractivity contribution in [2.75, 3.05) is 0 Å². The fourth-order valence-corrected chi connectivity index (χ4v) is 6.26. The third kappa shape index (κ3) is 0.952. The normalized spacial score (nSPS) is 68.5. The molecular formula is C15H25NO.